The lowest BCUT2D eigenvalue weighted by molar-refractivity contribution is 0.410. The summed E-state index contributed by atoms with van der Waals surface area (Å²) < 4.78 is 0. The first-order valence-corrected chi connectivity index (χ1v) is 6.60. The highest BCUT2D eigenvalue weighted by Gasteiger charge is 2.24. The summed E-state index contributed by atoms with van der Waals surface area (Å²) in [5.41, 5.74) is 5.74. The standard InChI is InChI=1S/C11H19N3S/c12-8-9-2-1-3-10(9)13-5-4-11-14-6-7-15-11/h6-7,9-10,13H,1-5,8,12H2. The number of hydrogen-bond donors (Lipinski definition) is 2. The first-order chi connectivity index (χ1) is 7.40. The number of thiazole rings is 1. The van der Waals surface area contributed by atoms with Crippen LogP contribution >= 0.6 is 11.3 Å². The molecule has 0 spiro atoms. The smallest absolute Gasteiger partial charge is 0.0937 e. The van der Waals surface area contributed by atoms with E-state index in [1.54, 1.807) is 11.3 Å². The van der Waals surface area contributed by atoms with Gasteiger partial charge in [-0.2, -0.15) is 0 Å². The van der Waals surface area contributed by atoms with Crippen molar-refractivity contribution in [2.45, 2.75) is 31.7 Å². The van der Waals surface area contributed by atoms with Crippen LogP contribution in [0.4, 0.5) is 0 Å². The molecule has 1 heterocycles. The third-order valence-corrected chi connectivity index (χ3v) is 4.03. The van der Waals surface area contributed by atoms with Gasteiger partial charge in [0, 0.05) is 30.6 Å². The highest BCUT2D eigenvalue weighted by atomic mass is 32.1. The zero-order valence-corrected chi connectivity index (χ0v) is 9.80. The third kappa shape index (κ3) is 3.00. The Morgan fingerprint density at radius 3 is 3.20 bits per heavy atom. The molecule has 15 heavy (non-hydrogen) atoms. The normalized spacial score (nSPS) is 25.9. The number of nitrogens with one attached hydrogen (secondary N) is 1. The van der Waals surface area contributed by atoms with Gasteiger partial charge in [-0.15, -0.1) is 11.3 Å². The average molecular weight is 225 g/mol. The summed E-state index contributed by atoms with van der Waals surface area (Å²) in [6.07, 6.45) is 6.84. The Hall–Kier alpha value is -0.450. The molecule has 1 fully saturated rings. The van der Waals surface area contributed by atoms with Crippen LogP contribution in [0.15, 0.2) is 11.6 Å². The molecule has 0 radical (unpaired) electrons. The Morgan fingerprint density at radius 2 is 2.47 bits per heavy atom. The monoisotopic (exact) mass is 225 g/mol. The van der Waals surface area contributed by atoms with E-state index in [0.29, 0.717) is 12.0 Å². The topological polar surface area (TPSA) is 50.9 Å². The second kappa shape index (κ2) is 5.58. The van der Waals surface area contributed by atoms with E-state index in [1.165, 1.54) is 24.3 Å². The van der Waals surface area contributed by atoms with E-state index in [9.17, 15) is 0 Å². The summed E-state index contributed by atoms with van der Waals surface area (Å²) in [6.45, 7) is 1.86. The quantitative estimate of drug-likeness (QED) is 0.796. The molecular weight excluding hydrogens is 206 g/mol. The van der Waals surface area contributed by atoms with Crippen LogP contribution in [0.3, 0.4) is 0 Å². The van der Waals surface area contributed by atoms with Gasteiger partial charge >= 0.3 is 0 Å². The Bertz CT molecular complexity index is 273. The van der Waals surface area contributed by atoms with Crippen molar-refractivity contribution in [2.75, 3.05) is 13.1 Å². The molecule has 2 rings (SSSR count). The third-order valence-electron chi connectivity index (χ3n) is 3.19. The molecule has 0 amide bonds. The van der Waals surface area contributed by atoms with Gasteiger partial charge in [0.15, 0.2) is 0 Å². The molecule has 1 aliphatic carbocycles. The summed E-state index contributed by atoms with van der Waals surface area (Å²) in [4.78, 5) is 4.27. The number of nitrogens with two attached hydrogens (primary N) is 1. The summed E-state index contributed by atoms with van der Waals surface area (Å²) in [7, 11) is 0. The zero-order chi connectivity index (χ0) is 10.5. The minimum absolute atomic E-state index is 0.648. The van der Waals surface area contributed by atoms with E-state index >= 15 is 0 Å². The molecule has 1 aromatic rings. The number of nitrogens with zero attached hydrogens (tertiary/aromatic N) is 1. The van der Waals surface area contributed by atoms with E-state index in [0.717, 1.165) is 19.5 Å². The molecule has 3 N–H and O–H groups in total. The van der Waals surface area contributed by atoms with Crippen molar-refractivity contribution >= 4 is 11.3 Å². The van der Waals surface area contributed by atoms with E-state index in [1.807, 2.05) is 11.6 Å². The van der Waals surface area contributed by atoms with Crippen molar-refractivity contribution in [3.05, 3.63) is 16.6 Å². The molecule has 2 unspecified atom stereocenters. The first kappa shape index (κ1) is 11.0. The van der Waals surface area contributed by atoms with Crippen molar-refractivity contribution < 1.29 is 0 Å². The Kier molecular flexibility index (Phi) is 4.11. The molecule has 0 aliphatic heterocycles. The highest BCUT2D eigenvalue weighted by Crippen LogP contribution is 2.24. The number of aromatic nitrogens is 1. The molecule has 3 nitrogen and oxygen atoms in total. The van der Waals surface area contributed by atoms with Crippen molar-refractivity contribution in [2.24, 2.45) is 11.7 Å². The Morgan fingerprint density at radius 1 is 1.53 bits per heavy atom. The van der Waals surface area contributed by atoms with Crippen LogP contribution in [0.25, 0.3) is 0 Å². The van der Waals surface area contributed by atoms with Gasteiger partial charge < -0.3 is 11.1 Å². The van der Waals surface area contributed by atoms with Gasteiger partial charge in [0.25, 0.3) is 0 Å². The van der Waals surface area contributed by atoms with Crippen LogP contribution in [0, 0.1) is 5.92 Å². The molecule has 2 atom stereocenters. The van der Waals surface area contributed by atoms with Crippen molar-refractivity contribution in [3.8, 4) is 0 Å². The van der Waals surface area contributed by atoms with Crippen LogP contribution in [0.2, 0.25) is 0 Å². The Balaban J connectivity index is 1.69. The summed E-state index contributed by atoms with van der Waals surface area (Å²) in [5.74, 6) is 0.696. The summed E-state index contributed by atoms with van der Waals surface area (Å²) in [5, 5.41) is 6.87. The predicted octanol–water partition coefficient (Wildman–Crippen LogP) is 1.40. The van der Waals surface area contributed by atoms with E-state index in [-0.39, 0.29) is 0 Å². The molecule has 1 aromatic heterocycles. The van der Waals surface area contributed by atoms with Crippen molar-refractivity contribution in [3.63, 3.8) is 0 Å². The van der Waals surface area contributed by atoms with Gasteiger partial charge in [0.2, 0.25) is 0 Å². The fourth-order valence-corrected chi connectivity index (χ4v) is 2.95. The Labute approximate surface area is 95.1 Å². The second-order valence-corrected chi connectivity index (χ2v) is 5.14. The van der Waals surface area contributed by atoms with Crippen LogP contribution < -0.4 is 11.1 Å². The van der Waals surface area contributed by atoms with Gasteiger partial charge in [0.1, 0.15) is 0 Å². The fraction of sp³-hybridized carbons (Fsp3) is 0.727. The maximum absolute atomic E-state index is 5.74. The van der Waals surface area contributed by atoms with Gasteiger partial charge in [-0.25, -0.2) is 4.98 Å². The van der Waals surface area contributed by atoms with Crippen LogP contribution in [0.1, 0.15) is 24.3 Å². The SMILES string of the molecule is NCC1CCCC1NCCc1nccs1. The van der Waals surface area contributed by atoms with Crippen molar-refractivity contribution in [1.82, 2.24) is 10.3 Å². The van der Waals surface area contributed by atoms with Crippen LogP contribution in [-0.2, 0) is 6.42 Å². The largest absolute Gasteiger partial charge is 0.330 e. The molecule has 1 aliphatic rings. The summed E-state index contributed by atoms with van der Waals surface area (Å²) in [6, 6.07) is 0.648. The highest BCUT2D eigenvalue weighted by molar-refractivity contribution is 7.09. The van der Waals surface area contributed by atoms with Gasteiger partial charge in [-0.3, -0.25) is 0 Å². The molecule has 1 saturated carbocycles. The minimum atomic E-state index is 0.648. The van der Waals surface area contributed by atoms with E-state index in [2.05, 4.69) is 10.3 Å². The van der Waals surface area contributed by atoms with Gasteiger partial charge in [-0.05, 0) is 25.3 Å². The average Bonchev–Trinajstić information content (AvgIpc) is 2.88. The molecule has 84 valence electrons. The maximum atomic E-state index is 5.74. The second-order valence-electron chi connectivity index (χ2n) is 4.16. The first-order valence-electron chi connectivity index (χ1n) is 5.72. The molecular formula is C11H19N3S. The predicted molar refractivity (Wildman–Crippen MR) is 64.0 cm³/mol. The van der Waals surface area contributed by atoms with Crippen molar-refractivity contribution in [1.29, 1.82) is 0 Å². The lowest BCUT2D eigenvalue weighted by Gasteiger charge is -2.18. The van der Waals surface area contributed by atoms with Crippen LogP contribution in [-0.4, -0.2) is 24.1 Å². The van der Waals surface area contributed by atoms with Gasteiger partial charge in [-0.1, -0.05) is 6.42 Å². The fourth-order valence-electron chi connectivity index (χ4n) is 2.33. The van der Waals surface area contributed by atoms with E-state index < -0.39 is 0 Å². The van der Waals surface area contributed by atoms with Gasteiger partial charge in [0.05, 0.1) is 5.01 Å². The lowest BCUT2D eigenvalue weighted by Crippen LogP contribution is -2.37. The van der Waals surface area contributed by atoms with E-state index in [4.69, 9.17) is 5.73 Å². The molecule has 0 bridgehead atoms. The molecule has 0 saturated heterocycles. The lowest BCUT2D eigenvalue weighted by atomic mass is 10.0. The zero-order valence-electron chi connectivity index (χ0n) is 8.98. The number of rotatable bonds is 5. The maximum Gasteiger partial charge on any atom is 0.0937 e. The number of hydrogen-bond acceptors (Lipinski definition) is 4. The summed E-state index contributed by atoms with van der Waals surface area (Å²) >= 11 is 1.74. The molecule has 4 heteroatoms. The minimum Gasteiger partial charge on any atom is -0.330 e. The molecule has 0 aromatic carbocycles. The van der Waals surface area contributed by atoms with Crippen LogP contribution in [0.5, 0.6) is 0 Å².